The Morgan fingerprint density at radius 2 is 1.70 bits per heavy atom. The molecule has 0 radical (unpaired) electrons. The number of carbonyl (C=O) groups excluding carboxylic acids is 1. The monoisotopic (exact) mass is 281 g/mol. The van der Waals surface area contributed by atoms with Crippen molar-refractivity contribution in [2.24, 2.45) is 0 Å². The van der Waals surface area contributed by atoms with Gasteiger partial charge >= 0.3 is 0 Å². The second-order valence-electron chi connectivity index (χ2n) is 3.92. The number of rotatable bonds is 4. The summed E-state index contributed by atoms with van der Waals surface area (Å²) in [7, 11) is 0. The van der Waals surface area contributed by atoms with Gasteiger partial charge in [0.15, 0.2) is 18.2 Å². The Bertz CT molecular complexity index is 614. The number of ether oxygens (including phenoxy) is 1. The number of nitrogens with one attached hydrogen (secondary N) is 1. The smallest absolute Gasteiger partial charge is 0.262 e. The molecule has 0 spiro atoms. The SMILES string of the molecule is O=C(COc1ccc(F)cc1)Nc1ccc(F)c(F)c1. The molecule has 0 atom stereocenters. The van der Waals surface area contributed by atoms with E-state index in [2.05, 4.69) is 5.32 Å². The summed E-state index contributed by atoms with van der Waals surface area (Å²) in [6.45, 7) is -0.329. The third kappa shape index (κ3) is 3.74. The van der Waals surface area contributed by atoms with E-state index in [-0.39, 0.29) is 12.3 Å². The van der Waals surface area contributed by atoms with Gasteiger partial charge in [-0.25, -0.2) is 13.2 Å². The molecule has 104 valence electrons. The van der Waals surface area contributed by atoms with Crippen LogP contribution in [-0.4, -0.2) is 12.5 Å². The van der Waals surface area contributed by atoms with E-state index < -0.39 is 23.4 Å². The maximum atomic E-state index is 12.9. The van der Waals surface area contributed by atoms with Crippen LogP contribution >= 0.6 is 0 Å². The quantitative estimate of drug-likeness (QED) is 0.935. The van der Waals surface area contributed by atoms with Gasteiger partial charge in [-0.1, -0.05) is 0 Å². The maximum absolute atomic E-state index is 12.9. The molecular weight excluding hydrogens is 271 g/mol. The Morgan fingerprint density at radius 3 is 2.35 bits per heavy atom. The minimum atomic E-state index is -1.05. The van der Waals surface area contributed by atoms with Gasteiger partial charge < -0.3 is 10.1 Å². The van der Waals surface area contributed by atoms with Gasteiger partial charge in [-0.15, -0.1) is 0 Å². The van der Waals surface area contributed by atoms with Gasteiger partial charge in [-0.05, 0) is 36.4 Å². The van der Waals surface area contributed by atoms with Crippen molar-refractivity contribution in [2.75, 3.05) is 11.9 Å². The average Bonchev–Trinajstić information content (AvgIpc) is 2.42. The van der Waals surface area contributed by atoms with Crippen molar-refractivity contribution in [3.05, 3.63) is 59.9 Å². The van der Waals surface area contributed by atoms with E-state index in [1.54, 1.807) is 0 Å². The summed E-state index contributed by atoms with van der Waals surface area (Å²) < 4.78 is 43.4. The third-order valence-electron chi connectivity index (χ3n) is 2.39. The summed E-state index contributed by atoms with van der Waals surface area (Å²) in [5, 5.41) is 2.35. The highest BCUT2D eigenvalue weighted by atomic mass is 19.2. The molecule has 3 nitrogen and oxygen atoms in total. The van der Waals surface area contributed by atoms with Gasteiger partial charge in [0, 0.05) is 11.8 Å². The molecule has 0 aliphatic heterocycles. The molecule has 0 aliphatic carbocycles. The number of halogens is 3. The second-order valence-corrected chi connectivity index (χ2v) is 3.92. The van der Waals surface area contributed by atoms with Crippen molar-refractivity contribution < 1.29 is 22.7 Å². The van der Waals surface area contributed by atoms with Crippen LogP contribution in [0.2, 0.25) is 0 Å². The maximum Gasteiger partial charge on any atom is 0.262 e. The number of hydrogen-bond acceptors (Lipinski definition) is 2. The predicted molar refractivity (Wildman–Crippen MR) is 66.9 cm³/mol. The minimum Gasteiger partial charge on any atom is -0.484 e. The number of anilines is 1. The Hall–Kier alpha value is -2.50. The van der Waals surface area contributed by atoms with E-state index in [0.29, 0.717) is 5.75 Å². The van der Waals surface area contributed by atoms with E-state index in [9.17, 15) is 18.0 Å². The van der Waals surface area contributed by atoms with Crippen LogP contribution in [0.25, 0.3) is 0 Å². The standard InChI is InChI=1S/C14H10F3NO2/c15-9-1-4-11(5-2-9)20-8-14(19)18-10-3-6-12(16)13(17)7-10/h1-7H,8H2,(H,18,19). The van der Waals surface area contributed by atoms with Crippen LogP contribution in [0.1, 0.15) is 0 Å². The van der Waals surface area contributed by atoms with Crippen LogP contribution in [0.5, 0.6) is 5.75 Å². The number of carbonyl (C=O) groups is 1. The lowest BCUT2D eigenvalue weighted by atomic mass is 10.3. The van der Waals surface area contributed by atoms with E-state index >= 15 is 0 Å². The van der Waals surface area contributed by atoms with Crippen LogP contribution in [0, 0.1) is 17.5 Å². The molecule has 6 heteroatoms. The summed E-state index contributed by atoms with van der Waals surface area (Å²) in [6, 6.07) is 8.15. The molecule has 0 bridgehead atoms. The van der Waals surface area contributed by atoms with Gasteiger partial charge in [-0.3, -0.25) is 4.79 Å². The van der Waals surface area contributed by atoms with Crippen LogP contribution < -0.4 is 10.1 Å². The van der Waals surface area contributed by atoms with Crippen molar-refractivity contribution in [1.82, 2.24) is 0 Å². The molecule has 0 fully saturated rings. The normalized spacial score (nSPS) is 10.2. The Balaban J connectivity index is 1.89. The fourth-order valence-electron chi connectivity index (χ4n) is 1.45. The first-order valence-corrected chi connectivity index (χ1v) is 5.68. The van der Waals surface area contributed by atoms with Gasteiger partial charge in [0.1, 0.15) is 11.6 Å². The predicted octanol–water partition coefficient (Wildman–Crippen LogP) is 3.12. The first-order valence-electron chi connectivity index (χ1n) is 5.68. The largest absolute Gasteiger partial charge is 0.484 e. The molecule has 20 heavy (non-hydrogen) atoms. The highest BCUT2D eigenvalue weighted by Crippen LogP contribution is 2.14. The van der Waals surface area contributed by atoms with Crippen molar-refractivity contribution in [3.63, 3.8) is 0 Å². The number of amides is 1. The van der Waals surface area contributed by atoms with Crippen molar-refractivity contribution in [3.8, 4) is 5.75 Å². The van der Waals surface area contributed by atoms with Crippen LogP contribution in [0.4, 0.5) is 18.9 Å². The van der Waals surface area contributed by atoms with Crippen LogP contribution in [0.3, 0.4) is 0 Å². The lowest BCUT2D eigenvalue weighted by Crippen LogP contribution is -2.20. The third-order valence-corrected chi connectivity index (χ3v) is 2.39. The van der Waals surface area contributed by atoms with E-state index in [1.807, 2.05) is 0 Å². The zero-order chi connectivity index (χ0) is 14.5. The Kier molecular flexibility index (Phi) is 4.24. The Morgan fingerprint density at radius 1 is 1.00 bits per heavy atom. The fourth-order valence-corrected chi connectivity index (χ4v) is 1.45. The average molecular weight is 281 g/mol. The lowest BCUT2D eigenvalue weighted by molar-refractivity contribution is -0.118. The summed E-state index contributed by atoms with van der Waals surface area (Å²) in [5.41, 5.74) is 0.122. The molecule has 0 unspecified atom stereocenters. The van der Waals surface area contributed by atoms with Gasteiger partial charge in [0.05, 0.1) is 0 Å². The molecule has 0 saturated carbocycles. The van der Waals surface area contributed by atoms with E-state index in [4.69, 9.17) is 4.74 Å². The van der Waals surface area contributed by atoms with Gasteiger partial charge in [0.2, 0.25) is 0 Å². The van der Waals surface area contributed by atoms with Crippen molar-refractivity contribution in [1.29, 1.82) is 0 Å². The van der Waals surface area contributed by atoms with Crippen LogP contribution in [-0.2, 0) is 4.79 Å². The highest BCUT2D eigenvalue weighted by Gasteiger charge is 2.07. The molecule has 0 saturated heterocycles. The van der Waals surface area contributed by atoms with Crippen molar-refractivity contribution in [2.45, 2.75) is 0 Å². The topological polar surface area (TPSA) is 38.3 Å². The molecule has 2 rings (SSSR count). The van der Waals surface area contributed by atoms with E-state index in [0.717, 1.165) is 12.1 Å². The lowest BCUT2D eigenvalue weighted by Gasteiger charge is -2.07. The fraction of sp³-hybridized carbons (Fsp3) is 0.0714. The zero-order valence-electron chi connectivity index (χ0n) is 10.2. The second kappa shape index (κ2) is 6.10. The molecule has 1 N–H and O–H groups in total. The minimum absolute atomic E-state index is 0.122. The molecule has 1 amide bonds. The Labute approximate surface area is 113 Å². The molecule has 0 aromatic heterocycles. The van der Waals surface area contributed by atoms with Crippen LogP contribution in [0.15, 0.2) is 42.5 Å². The summed E-state index contributed by atoms with van der Waals surface area (Å²) in [5.74, 6) is -2.68. The summed E-state index contributed by atoms with van der Waals surface area (Å²) in [4.78, 5) is 11.5. The van der Waals surface area contributed by atoms with Crippen molar-refractivity contribution >= 4 is 11.6 Å². The molecular formula is C14H10F3NO2. The van der Waals surface area contributed by atoms with Gasteiger partial charge in [-0.2, -0.15) is 0 Å². The molecule has 0 aliphatic rings. The first-order chi connectivity index (χ1) is 9.54. The highest BCUT2D eigenvalue weighted by molar-refractivity contribution is 5.91. The molecule has 2 aromatic rings. The summed E-state index contributed by atoms with van der Waals surface area (Å²) in [6.07, 6.45) is 0. The van der Waals surface area contributed by atoms with Gasteiger partial charge in [0.25, 0.3) is 5.91 Å². The number of benzene rings is 2. The molecule has 2 aromatic carbocycles. The molecule has 0 heterocycles. The zero-order valence-corrected chi connectivity index (χ0v) is 10.2. The number of hydrogen-bond donors (Lipinski definition) is 1. The van der Waals surface area contributed by atoms with E-state index in [1.165, 1.54) is 30.3 Å². The summed E-state index contributed by atoms with van der Waals surface area (Å²) >= 11 is 0. The first kappa shape index (κ1) is 13.9.